The minimum absolute atomic E-state index is 0.0133. The number of aromatic nitrogens is 2. The summed E-state index contributed by atoms with van der Waals surface area (Å²) in [6, 6.07) is 6.88. The van der Waals surface area contributed by atoms with Crippen LogP contribution in [0.5, 0.6) is 0 Å². The van der Waals surface area contributed by atoms with E-state index in [-0.39, 0.29) is 29.6 Å². The number of anilines is 1. The fraction of sp³-hybridized carbons (Fsp3) is 0.414. The summed E-state index contributed by atoms with van der Waals surface area (Å²) in [5.41, 5.74) is 4.02. The molecule has 10 nitrogen and oxygen atoms in total. The molecule has 5 amide bonds. The fourth-order valence-electron chi connectivity index (χ4n) is 6.26. The Balaban J connectivity index is 1.23. The Labute approximate surface area is 236 Å². The van der Waals surface area contributed by atoms with E-state index in [0.717, 1.165) is 33.2 Å². The third kappa shape index (κ3) is 4.70. The molecule has 3 aromatic rings. The second-order valence-electron chi connectivity index (χ2n) is 12.4. The number of nitrogens with zero attached hydrogens (tertiary/aromatic N) is 2. The number of amides is 5. The maximum Gasteiger partial charge on any atom is 0.322 e. The zero-order chi connectivity index (χ0) is 28.4. The minimum Gasteiger partial charge on any atom is -0.338 e. The lowest BCUT2D eigenvalue weighted by Gasteiger charge is -2.31. The number of imide groups is 1. The van der Waals surface area contributed by atoms with Crippen LogP contribution in [0.2, 0.25) is 5.02 Å². The lowest BCUT2D eigenvalue weighted by Crippen LogP contribution is -2.47. The van der Waals surface area contributed by atoms with E-state index in [1.165, 1.54) is 0 Å². The first-order valence-electron chi connectivity index (χ1n) is 13.4. The molecule has 4 N–H and O–H groups in total. The first-order valence-corrected chi connectivity index (χ1v) is 13.8. The summed E-state index contributed by atoms with van der Waals surface area (Å²) in [5.74, 6) is -1.22. The molecule has 1 aliphatic carbocycles. The second kappa shape index (κ2) is 9.33. The molecule has 2 aromatic carbocycles. The van der Waals surface area contributed by atoms with Gasteiger partial charge in [-0.2, -0.15) is 5.10 Å². The molecular formula is C29H31ClN6O4. The second-order valence-corrected chi connectivity index (χ2v) is 12.8. The summed E-state index contributed by atoms with van der Waals surface area (Å²) in [6.07, 6.45) is 2.90. The van der Waals surface area contributed by atoms with E-state index >= 15 is 0 Å². The molecule has 40 heavy (non-hydrogen) atoms. The van der Waals surface area contributed by atoms with Gasteiger partial charge in [0, 0.05) is 43.4 Å². The van der Waals surface area contributed by atoms with Gasteiger partial charge in [-0.25, -0.2) is 4.79 Å². The highest BCUT2D eigenvalue weighted by Crippen LogP contribution is 2.36. The molecule has 2 atom stereocenters. The molecule has 3 heterocycles. The van der Waals surface area contributed by atoms with Crippen LogP contribution in [0.3, 0.4) is 0 Å². The van der Waals surface area contributed by atoms with Crippen molar-refractivity contribution in [2.24, 2.45) is 11.3 Å². The molecule has 1 aromatic heterocycles. The summed E-state index contributed by atoms with van der Waals surface area (Å²) in [4.78, 5) is 53.0. The molecular weight excluding hydrogens is 532 g/mol. The molecule has 0 radical (unpaired) electrons. The average molecular weight is 563 g/mol. The van der Waals surface area contributed by atoms with Crippen LogP contribution in [0.1, 0.15) is 49.4 Å². The van der Waals surface area contributed by atoms with Gasteiger partial charge in [0.2, 0.25) is 11.8 Å². The van der Waals surface area contributed by atoms with E-state index in [0.29, 0.717) is 43.1 Å². The molecule has 208 valence electrons. The largest absolute Gasteiger partial charge is 0.338 e. The van der Waals surface area contributed by atoms with Crippen LogP contribution in [0.4, 0.5) is 10.5 Å². The number of aromatic amines is 1. The zero-order valence-electron chi connectivity index (χ0n) is 22.6. The number of benzene rings is 2. The van der Waals surface area contributed by atoms with Crippen LogP contribution >= 0.6 is 11.6 Å². The van der Waals surface area contributed by atoms with E-state index in [1.54, 1.807) is 12.3 Å². The van der Waals surface area contributed by atoms with Gasteiger partial charge in [0.15, 0.2) is 0 Å². The van der Waals surface area contributed by atoms with E-state index in [2.05, 4.69) is 46.9 Å². The normalized spacial score (nSPS) is 22.2. The van der Waals surface area contributed by atoms with Gasteiger partial charge >= 0.3 is 6.03 Å². The molecule has 0 saturated carbocycles. The van der Waals surface area contributed by atoms with Gasteiger partial charge in [-0.15, -0.1) is 0 Å². The number of urea groups is 1. The van der Waals surface area contributed by atoms with Crippen molar-refractivity contribution in [3.8, 4) is 0 Å². The smallest absolute Gasteiger partial charge is 0.322 e. The predicted octanol–water partition coefficient (Wildman–Crippen LogP) is 3.47. The minimum atomic E-state index is -0.972. The summed E-state index contributed by atoms with van der Waals surface area (Å²) < 4.78 is 0. The highest BCUT2D eigenvalue weighted by molar-refractivity contribution is 6.35. The highest BCUT2D eigenvalue weighted by Gasteiger charge is 2.50. The summed E-state index contributed by atoms with van der Waals surface area (Å²) in [5, 5.41) is 16.6. The van der Waals surface area contributed by atoms with E-state index in [9.17, 15) is 19.2 Å². The van der Waals surface area contributed by atoms with E-state index < -0.39 is 17.5 Å². The van der Waals surface area contributed by atoms with Gasteiger partial charge in [-0.05, 0) is 52.3 Å². The predicted molar refractivity (Wildman–Crippen MR) is 150 cm³/mol. The molecule has 1 saturated heterocycles. The summed E-state index contributed by atoms with van der Waals surface area (Å²) in [6.45, 7) is 7.22. The number of H-pyrrole nitrogens is 1. The van der Waals surface area contributed by atoms with Gasteiger partial charge in [0.1, 0.15) is 5.54 Å². The summed E-state index contributed by atoms with van der Waals surface area (Å²) in [7, 11) is 0. The third-order valence-electron chi connectivity index (χ3n) is 7.95. The van der Waals surface area contributed by atoms with Crippen molar-refractivity contribution >= 4 is 51.9 Å². The standard InChI is InChI=1S/C29H31ClN6O4/c1-28(2,3)14-36-13-21-16(8-22(30)24-20(21)12-31-35-24)6-17(25(36)38)9-23(37)32-19-5-4-15-10-29(11-18(15)7-19)26(39)33-27(40)34-29/h4-5,7-8,12,17H,6,9-11,13-14H2,1-3H3,(H,31,35)(H,32,37)(H2,33,34,39,40)/t17-,29?/m0/s1. The van der Waals surface area contributed by atoms with Gasteiger partial charge < -0.3 is 15.5 Å². The SMILES string of the molecule is CC(C)(C)CN1Cc2c(cc(Cl)c3[nH]ncc23)C[C@@H](CC(=O)Nc2ccc3c(c2)CC2(C3)NC(=O)NC2=O)C1=O. The number of rotatable bonds is 4. The number of halogens is 1. The van der Waals surface area contributed by atoms with Crippen molar-refractivity contribution in [3.05, 3.63) is 57.7 Å². The Bertz CT molecular complexity index is 1590. The molecule has 0 bridgehead atoms. The molecule has 2 aliphatic heterocycles. The average Bonchev–Trinajstić information content (AvgIpc) is 3.53. The number of hydrogen-bond acceptors (Lipinski definition) is 5. The van der Waals surface area contributed by atoms with Crippen molar-refractivity contribution in [1.82, 2.24) is 25.7 Å². The van der Waals surface area contributed by atoms with Crippen molar-refractivity contribution in [2.75, 3.05) is 11.9 Å². The van der Waals surface area contributed by atoms with Crippen molar-refractivity contribution < 1.29 is 19.2 Å². The number of fused-ring (bicyclic) bond motifs is 4. The third-order valence-corrected chi connectivity index (χ3v) is 8.25. The number of hydrogen-bond donors (Lipinski definition) is 4. The van der Waals surface area contributed by atoms with Crippen LogP contribution in [0.25, 0.3) is 10.9 Å². The van der Waals surface area contributed by atoms with Gasteiger partial charge in [0.05, 0.1) is 22.7 Å². The Kier molecular flexibility index (Phi) is 6.14. The first kappa shape index (κ1) is 26.3. The van der Waals surface area contributed by atoms with E-state index in [1.807, 2.05) is 23.1 Å². The zero-order valence-corrected chi connectivity index (χ0v) is 23.4. The Morgan fingerprint density at radius 2 is 1.93 bits per heavy atom. The van der Waals surface area contributed by atoms with Crippen molar-refractivity contribution in [1.29, 1.82) is 0 Å². The van der Waals surface area contributed by atoms with Crippen molar-refractivity contribution in [3.63, 3.8) is 0 Å². The highest BCUT2D eigenvalue weighted by atomic mass is 35.5. The molecule has 6 rings (SSSR count). The van der Waals surface area contributed by atoms with Gasteiger partial charge in [-0.1, -0.05) is 38.4 Å². The van der Waals surface area contributed by atoms with Gasteiger partial charge in [-0.3, -0.25) is 24.8 Å². The molecule has 11 heteroatoms. The Morgan fingerprint density at radius 1 is 1.15 bits per heavy atom. The number of carbonyl (C=O) groups excluding carboxylic acids is 4. The van der Waals surface area contributed by atoms with Crippen LogP contribution in [-0.4, -0.2) is 50.9 Å². The maximum atomic E-state index is 13.8. The van der Waals surface area contributed by atoms with Gasteiger partial charge in [0.25, 0.3) is 5.91 Å². The lowest BCUT2D eigenvalue weighted by atomic mass is 9.92. The molecule has 1 fully saturated rings. The van der Waals surface area contributed by atoms with Crippen LogP contribution in [0.15, 0.2) is 30.5 Å². The van der Waals surface area contributed by atoms with Crippen LogP contribution in [-0.2, 0) is 40.2 Å². The molecule has 3 aliphatic rings. The Hall–Kier alpha value is -3.92. The van der Waals surface area contributed by atoms with E-state index in [4.69, 9.17) is 11.6 Å². The topological polar surface area (TPSA) is 136 Å². The Morgan fingerprint density at radius 3 is 2.65 bits per heavy atom. The molecule has 1 unspecified atom stereocenters. The fourth-order valence-corrected chi connectivity index (χ4v) is 6.54. The summed E-state index contributed by atoms with van der Waals surface area (Å²) >= 11 is 6.54. The quantitative estimate of drug-likeness (QED) is 0.361. The lowest BCUT2D eigenvalue weighted by molar-refractivity contribution is -0.139. The van der Waals surface area contributed by atoms with Crippen LogP contribution in [0, 0.1) is 11.3 Å². The van der Waals surface area contributed by atoms with Crippen LogP contribution < -0.4 is 16.0 Å². The number of carbonyl (C=O) groups is 4. The molecule has 1 spiro atoms. The van der Waals surface area contributed by atoms with Crippen molar-refractivity contribution in [2.45, 2.75) is 58.5 Å². The maximum absolute atomic E-state index is 13.8. The number of nitrogens with one attached hydrogen (secondary N) is 4. The monoisotopic (exact) mass is 562 g/mol. The first-order chi connectivity index (χ1) is 18.9.